The van der Waals surface area contributed by atoms with E-state index in [4.69, 9.17) is 4.74 Å². The predicted molar refractivity (Wildman–Crippen MR) is 160 cm³/mol. The van der Waals surface area contributed by atoms with E-state index in [1.807, 2.05) is 55.5 Å². The molecule has 2 heterocycles. The maximum Gasteiger partial charge on any atom is 0.316 e. The minimum Gasteiger partial charge on any atom is -0.426 e. The second kappa shape index (κ2) is 9.49. The number of anilines is 2. The number of carbonyl (C=O) groups is 4. The first-order valence-corrected chi connectivity index (χ1v) is 14.6. The van der Waals surface area contributed by atoms with Crippen LogP contribution in [0.2, 0.25) is 0 Å². The highest BCUT2D eigenvalue weighted by atomic mass is 16.5. The van der Waals surface area contributed by atoms with Gasteiger partial charge >= 0.3 is 5.97 Å². The van der Waals surface area contributed by atoms with Gasteiger partial charge in [-0.3, -0.25) is 19.2 Å². The van der Waals surface area contributed by atoms with Gasteiger partial charge in [-0.15, -0.1) is 0 Å². The number of hydrogen-bond donors (Lipinski definition) is 0. The van der Waals surface area contributed by atoms with Crippen LogP contribution in [0.5, 0.6) is 5.75 Å². The first kappa shape index (κ1) is 25.7. The van der Waals surface area contributed by atoms with Crippen LogP contribution < -0.4 is 14.5 Å². The number of ether oxygens (including phenoxy) is 1. The number of hydrogen-bond acceptors (Lipinski definition) is 5. The van der Waals surface area contributed by atoms with Gasteiger partial charge in [0.25, 0.3) is 0 Å². The van der Waals surface area contributed by atoms with Crippen molar-refractivity contribution in [3.8, 4) is 5.75 Å². The van der Waals surface area contributed by atoms with Crippen LogP contribution in [0.15, 0.2) is 97.1 Å². The number of imide groups is 1. The minimum atomic E-state index is -0.623. The molecule has 3 amide bonds. The Morgan fingerprint density at radius 1 is 0.698 bits per heavy atom. The fourth-order valence-corrected chi connectivity index (χ4v) is 7.73. The summed E-state index contributed by atoms with van der Waals surface area (Å²) in [5, 5.41) is 0. The summed E-state index contributed by atoms with van der Waals surface area (Å²) in [5.74, 6) is -2.87. The SMILES string of the molecule is Cc1cccc(N2C[C@@H](C(=O)Oc3cccc(N4C(=O)[C@@H]5C6c7ccccc7C(c7ccccc76)[C@@H]5C4=O)c3)CC2=O)c1. The number of esters is 1. The Hall–Kier alpha value is -5.04. The number of amides is 3. The Morgan fingerprint density at radius 3 is 1.84 bits per heavy atom. The average molecular weight is 569 g/mol. The third-order valence-corrected chi connectivity index (χ3v) is 9.51. The molecule has 43 heavy (non-hydrogen) atoms. The predicted octanol–water partition coefficient (Wildman–Crippen LogP) is 5.35. The molecule has 4 aromatic carbocycles. The summed E-state index contributed by atoms with van der Waals surface area (Å²) in [6, 6.07) is 30.5. The number of rotatable bonds is 4. The van der Waals surface area contributed by atoms with Crippen LogP contribution in [0.3, 0.4) is 0 Å². The van der Waals surface area contributed by atoms with Gasteiger partial charge in [0.15, 0.2) is 0 Å². The van der Waals surface area contributed by atoms with Gasteiger partial charge in [0.2, 0.25) is 17.7 Å². The normalized spacial score (nSPS) is 25.0. The van der Waals surface area contributed by atoms with Gasteiger partial charge in [-0.05, 0) is 59.0 Å². The van der Waals surface area contributed by atoms with Crippen molar-refractivity contribution in [2.75, 3.05) is 16.3 Å². The lowest BCUT2D eigenvalue weighted by Gasteiger charge is -2.45. The zero-order valence-electron chi connectivity index (χ0n) is 23.5. The summed E-state index contributed by atoms with van der Waals surface area (Å²) in [6.45, 7) is 2.19. The van der Waals surface area contributed by atoms with Gasteiger partial charge in [-0.25, -0.2) is 4.90 Å². The van der Waals surface area contributed by atoms with Crippen LogP contribution in [-0.2, 0) is 19.2 Å². The van der Waals surface area contributed by atoms with Crippen molar-refractivity contribution in [3.63, 3.8) is 0 Å². The Morgan fingerprint density at radius 2 is 1.26 bits per heavy atom. The second-order valence-electron chi connectivity index (χ2n) is 11.9. The van der Waals surface area contributed by atoms with E-state index in [-0.39, 0.29) is 48.3 Å². The molecule has 0 radical (unpaired) electrons. The summed E-state index contributed by atoms with van der Waals surface area (Å²) < 4.78 is 5.73. The fourth-order valence-electron chi connectivity index (χ4n) is 7.73. The molecule has 5 aliphatic rings. The molecule has 212 valence electrons. The molecule has 2 bridgehead atoms. The molecule has 9 rings (SSSR count). The molecule has 3 atom stereocenters. The molecule has 3 aliphatic carbocycles. The number of carbonyl (C=O) groups excluding carboxylic acids is 4. The molecule has 2 aliphatic heterocycles. The van der Waals surface area contributed by atoms with Crippen LogP contribution in [0.1, 0.15) is 46.1 Å². The summed E-state index contributed by atoms with van der Waals surface area (Å²) in [7, 11) is 0. The highest BCUT2D eigenvalue weighted by Gasteiger charge is 2.61. The first-order valence-electron chi connectivity index (χ1n) is 14.6. The van der Waals surface area contributed by atoms with Gasteiger partial charge in [0, 0.05) is 36.6 Å². The van der Waals surface area contributed by atoms with E-state index in [2.05, 4.69) is 24.3 Å². The minimum absolute atomic E-state index is 0.0584. The Balaban J connectivity index is 1.06. The Kier molecular flexibility index (Phi) is 5.66. The van der Waals surface area contributed by atoms with Crippen LogP contribution in [0.25, 0.3) is 0 Å². The lowest BCUT2D eigenvalue weighted by Crippen LogP contribution is -2.41. The van der Waals surface area contributed by atoms with E-state index in [1.54, 1.807) is 29.2 Å². The summed E-state index contributed by atoms with van der Waals surface area (Å²) in [5.41, 5.74) is 6.62. The molecule has 4 aromatic rings. The van der Waals surface area contributed by atoms with Gasteiger partial charge < -0.3 is 9.64 Å². The lowest BCUT2D eigenvalue weighted by atomic mass is 9.55. The molecule has 0 N–H and O–H groups in total. The monoisotopic (exact) mass is 568 g/mol. The van der Waals surface area contributed by atoms with E-state index in [0.29, 0.717) is 5.69 Å². The van der Waals surface area contributed by atoms with Crippen molar-refractivity contribution in [3.05, 3.63) is 125 Å². The smallest absolute Gasteiger partial charge is 0.316 e. The van der Waals surface area contributed by atoms with Crippen LogP contribution in [0, 0.1) is 24.7 Å². The van der Waals surface area contributed by atoms with Crippen molar-refractivity contribution >= 4 is 35.1 Å². The van der Waals surface area contributed by atoms with Gasteiger partial charge in [0.1, 0.15) is 5.75 Å². The molecule has 2 saturated heterocycles. The van der Waals surface area contributed by atoms with Gasteiger partial charge in [-0.1, -0.05) is 66.7 Å². The number of aryl methyl sites for hydroxylation is 1. The van der Waals surface area contributed by atoms with Crippen LogP contribution in [-0.4, -0.2) is 30.2 Å². The van der Waals surface area contributed by atoms with Crippen molar-refractivity contribution in [2.24, 2.45) is 17.8 Å². The Bertz CT molecular complexity index is 1750. The molecule has 7 nitrogen and oxygen atoms in total. The highest BCUT2D eigenvalue weighted by molar-refractivity contribution is 6.23. The van der Waals surface area contributed by atoms with Crippen LogP contribution in [0.4, 0.5) is 11.4 Å². The van der Waals surface area contributed by atoms with Gasteiger partial charge in [-0.2, -0.15) is 0 Å². The molecule has 2 fully saturated rings. The molecule has 0 spiro atoms. The second-order valence-corrected chi connectivity index (χ2v) is 11.9. The lowest BCUT2D eigenvalue weighted by molar-refractivity contribution is -0.139. The fraction of sp³-hybridized carbons (Fsp3) is 0.222. The molecule has 0 saturated carbocycles. The van der Waals surface area contributed by atoms with Crippen molar-refractivity contribution < 1.29 is 23.9 Å². The zero-order chi connectivity index (χ0) is 29.4. The average Bonchev–Trinajstić information content (AvgIpc) is 3.54. The molecular weight excluding hydrogens is 540 g/mol. The van der Waals surface area contributed by atoms with Crippen molar-refractivity contribution in [1.82, 2.24) is 0 Å². The maximum atomic E-state index is 14.1. The molecule has 7 heteroatoms. The third-order valence-electron chi connectivity index (χ3n) is 9.51. The Labute approximate surface area is 248 Å². The van der Waals surface area contributed by atoms with Crippen LogP contribution >= 0.6 is 0 Å². The maximum absolute atomic E-state index is 14.1. The molecular formula is C36H28N2O5. The molecule has 0 aromatic heterocycles. The quantitative estimate of drug-likeness (QED) is 0.188. The number of nitrogens with zero attached hydrogens (tertiary/aromatic N) is 2. The summed E-state index contributed by atoms with van der Waals surface area (Å²) in [4.78, 5) is 57.0. The highest BCUT2D eigenvalue weighted by Crippen LogP contribution is 2.61. The van der Waals surface area contributed by atoms with Gasteiger partial charge in [0.05, 0.1) is 23.4 Å². The van der Waals surface area contributed by atoms with E-state index in [1.165, 1.54) is 4.90 Å². The number of benzene rings is 4. The zero-order valence-corrected chi connectivity index (χ0v) is 23.5. The summed E-state index contributed by atoms with van der Waals surface area (Å²) >= 11 is 0. The van der Waals surface area contributed by atoms with E-state index >= 15 is 0 Å². The van der Waals surface area contributed by atoms with E-state index in [0.717, 1.165) is 33.5 Å². The van der Waals surface area contributed by atoms with Crippen molar-refractivity contribution in [1.29, 1.82) is 0 Å². The summed E-state index contributed by atoms with van der Waals surface area (Å²) in [6.07, 6.45) is 0.0584. The van der Waals surface area contributed by atoms with E-state index < -0.39 is 23.7 Å². The third kappa shape index (κ3) is 3.80. The van der Waals surface area contributed by atoms with Crippen molar-refractivity contribution in [2.45, 2.75) is 25.2 Å². The standard InChI is InChI=1S/C36H28N2O5/c1-20-8-6-9-22(16-20)37-19-21(17-29(37)39)36(42)43-24-11-7-10-23(18-24)38-34(40)32-30-25-12-2-3-13-26(25)31(33(32)35(38)41)28-15-5-4-14-27(28)30/h2-16,18,21,30-33H,17,19H2,1H3/t21-,30?,31?,32-,33+/m0/s1. The largest absolute Gasteiger partial charge is 0.426 e. The molecule has 0 unspecified atom stereocenters. The first-order chi connectivity index (χ1) is 20.9. The van der Waals surface area contributed by atoms with E-state index in [9.17, 15) is 19.2 Å². The topological polar surface area (TPSA) is 84.0 Å².